The van der Waals surface area contributed by atoms with Gasteiger partial charge in [0.25, 0.3) is 0 Å². The first-order valence-corrected chi connectivity index (χ1v) is 7.41. The van der Waals surface area contributed by atoms with Crippen molar-refractivity contribution < 1.29 is 9.53 Å². The van der Waals surface area contributed by atoms with Gasteiger partial charge in [-0.3, -0.25) is 4.79 Å². The van der Waals surface area contributed by atoms with Gasteiger partial charge in [-0.1, -0.05) is 18.9 Å². The van der Waals surface area contributed by atoms with E-state index in [1.54, 1.807) is 7.11 Å². The molecule has 1 aliphatic rings. The van der Waals surface area contributed by atoms with E-state index in [1.165, 1.54) is 12.8 Å². The third-order valence-electron chi connectivity index (χ3n) is 3.88. The third kappa shape index (κ3) is 3.89. The molecule has 20 heavy (non-hydrogen) atoms. The van der Waals surface area contributed by atoms with Gasteiger partial charge in [-0.15, -0.1) is 0 Å². The van der Waals surface area contributed by atoms with Crippen LogP contribution in [-0.2, 0) is 11.2 Å². The standard InChI is InChI=1S/C16H24N2O2/c1-20-15-8-6-13(12-14(15)17)7-9-16(19)18-10-4-2-3-5-11-18/h6,8,12H,2-5,7,9-11,17H2,1H3. The van der Waals surface area contributed by atoms with Crippen LogP contribution in [0.25, 0.3) is 0 Å². The van der Waals surface area contributed by atoms with E-state index < -0.39 is 0 Å². The zero-order valence-electron chi connectivity index (χ0n) is 12.2. The first kappa shape index (κ1) is 14.7. The van der Waals surface area contributed by atoms with Gasteiger partial charge < -0.3 is 15.4 Å². The monoisotopic (exact) mass is 276 g/mol. The molecule has 1 amide bonds. The second-order valence-electron chi connectivity index (χ2n) is 5.37. The number of likely N-dealkylation sites (tertiary alicyclic amines) is 1. The van der Waals surface area contributed by atoms with Gasteiger partial charge in [-0.05, 0) is 37.0 Å². The molecule has 2 rings (SSSR count). The maximum Gasteiger partial charge on any atom is 0.222 e. The van der Waals surface area contributed by atoms with E-state index in [0.29, 0.717) is 17.9 Å². The molecule has 0 aromatic heterocycles. The predicted molar refractivity (Wildman–Crippen MR) is 80.8 cm³/mol. The van der Waals surface area contributed by atoms with Gasteiger partial charge in [0.2, 0.25) is 5.91 Å². The number of carbonyl (C=O) groups is 1. The van der Waals surface area contributed by atoms with Crippen molar-refractivity contribution in [2.24, 2.45) is 0 Å². The van der Waals surface area contributed by atoms with Gasteiger partial charge in [0, 0.05) is 19.5 Å². The number of methoxy groups -OCH3 is 1. The number of carbonyl (C=O) groups excluding carboxylic acids is 1. The number of amides is 1. The van der Waals surface area contributed by atoms with E-state index in [1.807, 2.05) is 23.1 Å². The van der Waals surface area contributed by atoms with Crippen molar-refractivity contribution in [1.82, 2.24) is 4.90 Å². The summed E-state index contributed by atoms with van der Waals surface area (Å²) >= 11 is 0. The molecule has 1 aliphatic heterocycles. The van der Waals surface area contributed by atoms with Gasteiger partial charge in [0.1, 0.15) is 5.75 Å². The van der Waals surface area contributed by atoms with Gasteiger partial charge >= 0.3 is 0 Å². The predicted octanol–water partition coefficient (Wildman–Crippen LogP) is 2.61. The Morgan fingerprint density at radius 1 is 1.25 bits per heavy atom. The molecule has 1 aromatic rings. The van der Waals surface area contributed by atoms with Gasteiger partial charge in [-0.25, -0.2) is 0 Å². The highest BCUT2D eigenvalue weighted by Gasteiger charge is 2.15. The number of ether oxygens (including phenoxy) is 1. The van der Waals surface area contributed by atoms with E-state index in [-0.39, 0.29) is 5.91 Å². The smallest absolute Gasteiger partial charge is 0.222 e. The van der Waals surface area contributed by atoms with Gasteiger partial charge in [-0.2, -0.15) is 0 Å². The zero-order valence-corrected chi connectivity index (χ0v) is 12.2. The van der Waals surface area contributed by atoms with Crippen LogP contribution in [0.3, 0.4) is 0 Å². The van der Waals surface area contributed by atoms with Crippen LogP contribution in [0.5, 0.6) is 5.75 Å². The highest BCUT2D eigenvalue weighted by atomic mass is 16.5. The molecule has 2 N–H and O–H groups in total. The Labute approximate surface area is 120 Å². The Balaban J connectivity index is 1.87. The van der Waals surface area contributed by atoms with Gasteiger partial charge in [0.15, 0.2) is 0 Å². The fourth-order valence-electron chi connectivity index (χ4n) is 2.67. The van der Waals surface area contributed by atoms with Crippen LogP contribution in [0.1, 0.15) is 37.7 Å². The minimum absolute atomic E-state index is 0.265. The number of benzene rings is 1. The quantitative estimate of drug-likeness (QED) is 0.860. The van der Waals surface area contributed by atoms with Crippen molar-refractivity contribution in [3.8, 4) is 5.75 Å². The Morgan fingerprint density at radius 2 is 1.95 bits per heavy atom. The molecule has 1 saturated heterocycles. The molecule has 0 spiro atoms. The molecule has 4 nitrogen and oxygen atoms in total. The molecule has 0 saturated carbocycles. The highest BCUT2D eigenvalue weighted by molar-refractivity contribution is 5.76. The van der Waals surface area contributed by atoms with E-state index in [0.717, 1.165) is 37.9 Å². The summed E-state index contributed by atoms with van der Waals surface area (Å²) in [5.41, 5.74) is 7.60. The minimum atomic E-state index is 0.265. The molecule has 1 aromatic carbocycles. The molecule has 0 unspecified atom stereocenters. The molecule has 4 heteroatoms. The van der Waals surface area contributed by atoms with Crippen LogP contribution in [0.2, 0.25) is 0 Å². The maximum atomic E-state index is 12.2. The molecule has 0 atom stereocenters. The summed E-state index contributed by atoms with van der Waals surface area (Å²) in [6.45, 7) is 1.84. The Bertz CT molecular complexity index is 452. The van der Waals surface area contributed by atoms with Gasteiger partial charge in [0.05, 0.1) is 12.8 Å². The largest absolute Gasteiger partial charge is 0.495 e. The second-order valence-corrected chi connectivity index (χ2v) is 5.37. The third-order valence-corrected chi connectivity index (χ3v) is 3.88. The number of aryl methyl sites for hydroxylation is 1. The fourth-order valence-corrected chi connectivity index (χ4v) is 2.67. The van der Waals surface area contributed by atoms with Crippen LogP contribution in [0.4, 0.5) is 5.69 Å². The van der Waals surface area contributed by atoms with Crippen molar-refractivity contribution in [1.29, 1.82) is 0 Å². The summed E-state index contributed by atoms with van der Waals surface area (Å²) in [6.07, 6.45) is 6.08. The molecule has 0 radical (unpaired) electrons. The Hall–Kier alpha value is -1.71. The normalized spacial score (nSPS) is 15.8. The lowest BCUT2D eigenvalue weighted by atomic mass is 10.1. The molecule has 0 bridgehead atoms. The maximum absolute atomic E-state index is 12.2. The molecular weight excluding hydrogens is 252 g/mol. The van der Waals surface area contributed by atoms with E-state index in [2.05, 4.69) is 0 Å². The molecule has 1 heterocycles. The molecule has 110 valence electrons. The average molecular weight is 276 g/mol. The van der Waals surface area contributed by atoms with E-state index in [9.17, 15) is 4.79 Å². The van der Waals surface area contributed by atoms with Crippen molar-refractivity contribution in [3.05, 3.63) is 23.8 Å². The van der Waals surface area contributed by atoms with Crippen molar-refractivity contribution >= 4 is 11.6 Å². The summed E-state index contributed by atoms with van der Waals surface area (Å²) in [5.74, 6) is 0.953. The summed E-state index contributed by atoms with van der Waals surface area (Å²) in [6, 6.07) is 5.74. The van der Waals surface area contributed by atoms with Crippen molar-refractivity contribution in [2.75, 3.05) is 25.9 Å². The Kier molecular flexibility index (Phi) is 5.27. The number of hydrogen-bond donors (Lipinski definition) is 1. The van der Waals surface area contributed by atoms with Crippen LogP contribution in [-0.4, -0.2) is 31.0 Å². The van der Waals surface area contributed by atoms with Crippen LogP contribution >= 0.6 is 0 Å². The number of hydrogen-bond acceptors (Lipinski definition) is 3. The summed E-state index contributed by atoms with van der Waals surface area (Å²) in [7, 11) is 1.61. The van der Waals surface area contributed by atoms with Crippen LogP contribution < -0.4 is 10.5 Å². The van der Waals surface area contributed by atoms with Crippen molar-refractivity contribution in [2.45, 2.75) is 38.5 Å². The lowest BCUT2D eigenvalue weighted by Gasteiger charge is -2.20. The number of rotatable bonds is 4. The SMILES string of the molecule is COc1ccc(CCC(=O)N2CCCCCC2)cc1N. The molecular formula is C16H24N2O2. The van der Waals surface area contributed by atoms with Crippen LogP contribution in [0, 0.1) is 0 Å². The highest BCUT2D eigenvalue weighted by Crippen LogP contribution is 2.22. The zero-order chi connectivity index (χ0) is 14.4. The number of nitrogens with two attached hydrogens (primary N) is 1. The van der Waals surface area contributed by atoms with E-state index in [4.69, 9.17) is 10.5 Å². The summed E-state index contributed by atoms with van der Waals surface area (Å²) < 4.78 is 5.13. The topological polar surface area (TPSA) is 55.6 Å². The fraction of sp³-hybridized carbons (Fsp3) is 0.562. The molecule has 0 aliphatic carbocycles. The lowest BCUT2D eigenvalue weighted by Crippen LogP contribution is -2.31. The first-order chi connectivity index (χ1) is 9.70. The number of nitrogen functional groups attached to an aromatic ring is 1. The summed E-state index contributed by atoms with van der Waals surface area (Å²) in [4.78, 5) is 14.2. The second kappa shape index (κ2) is 7.17. The van der Waals surface area contributed by atoms with Crippen molar-refractivity contribution in [3.63, 3.8) is 0 Å². The first-order valence-electron chi connectivity index (χ1n) is 7.41. The number of nitrogens with zero attached hydrogens (tertiary/aromatic N) is 1. The molecule has 1 fully saturated rings. The Morgan fingerprint density at radius 3 is 2.55 bits per heavy atom. The number of anilines is 1. The van der Waals surface area contributed by atoms with Crippen LogP contribution in [0.15, 0.2) is 18.2 Å². The minimum Gasteiger partial charge on any atom is -0.495 e. The summed E-state index contributed by atoms with van der Waals surface area (Å²) in [5, 5.41) is 0. The lowest BCUT2D eigenvalue weighted by molar-refractivity contribution is -0.131. The van der Waals surface area contributed by atoms with E-state index >= 15 is 0 Å². The average Bonchev–Trinajstić information content (AvgIpc) is 2.74.